The maximum atomic E-state index is 13.1. The number of hydrogen-bond donors (Lipinski definition) is 1. The highest BCUT2D eigenvalue weighted by Gasteiger charge is 2.22. The molecular formula is C28H30FN3O2. The van der Waals surface area contributed by atoms with E-state index in [4.69, 9.17) is 4.74 Å². The lowest BCUT2D eigenvalue weighted by atomic mass is 10.0. The van der Waals surface area contributed by atoms with Crippen LogP contribution < -0.4 is 4.74 Å². The van der Waals surface area contributed by atoms with E-state index in [1.54, 1.807) is 19.4 Å². The second kappa shape index (κ2) is 9.95. The fraction of sp³-hybridized carbons (Fsp3) is 0.321. The molecule has 0 amide bonds. The van der Waals surface area contributed by atoms with Crippen LogP contribution in [-0.4, -0.2) is 46.3 Å². The molecule has 6 heteroatoms. The monoisotopic (exact) mass is 459 g/mol. The summed E-state index contributed by atoms with van der Waals surface area (Å²) in [6.07, 6.45) is 6.21. The van der Waals surface area contributed by atoms with E-state index in [2.05, 4.69) is 38.8 Å². The van der Waals surface area contributed by atoms with Crippen LogP contribution in [0, 0.1) is 5.82 Å². The number of methoxy groups -OCH3 is 1. The molecule has 176 valence electrons. The smallest absolute Gasteiger partial charge is 0.212 e. The summed E-state index contributed by atoms with van der Waals surface area (Å²) < 4.78 is 20.6. The number of rotatable bonds is 7. The first-order valence-corrected chi connectivity index (χ1v) is 11.9. The molecule has 0 bridgehead atoms. The third kappa shape index (κ3) is 4.83. The molecule has 0 saturated carbocycles. The SMILES string of the molecule is COc1ccc(C(O)c2ccc3ccn(C4CCN(CCc5ccc(F)cc5)CC4)c3c2)cn1. The number of hydrogen-bond acceptors (Lipinski definition) is 4. The van der Waals surface area contributed by atoms with Gasteiger partial charge in [0.2, 0.25) is 5.88 Å². The molecule has 3 heterocycles. The first-order chi connectivity index (χ1) is 16.6. The highest BCUT2D eigenvalue weighted by Crippen LogP contribution is 2.31. The van der Waals surface area contributed by atoms with Crippen molar-refractivity contribution in [2.45, 2.75) is 31.4 Å². The molecule has 1 atom stereocenters. The van der Waals surface area contributed by atoms with Gasteiger partial charge in [-0.15, -0.1) is 0 Å². The molecule has 1 fully saturated rings. The molecule has 1 aliphatic rings. The largest absolute Gasteiger partial charge is 0.481 e. The average Bonchev–Trinajstić information content (AvgIpc) is 3.31. The van der Waals surface area contributed by atoms with E-state index in [9.17, 15) is 9.50 Å². The van der Waals surface area contributed by atoms with Gasteiger partial charge in [0.1, 0.15) is 11.9 Å². The van der Waals surface area contributed by atoms with Gasteiger partial charge in [0.15, 0.2) is 0 Å². The van der Waals surface area contributed by atoms with Crippen molar-refractivity contribution < 1.29 is 14.2 Å². The van der Waals surface area contributed by atoms with Crippen LogP contribution in [0.2, 0.25) is 0 Å². The van der Waals surface area contributed by atoms with E-state index in [1.165, 1.54) is 23.1 Å². The standard InChI is InChI=1S/C28H30FN3O2/c1-34-27-9-6-23(19-30-27)28(33)22-5-4-21-11-17-32(26(21)18-22)25-12-15-31(16-13-25)14-10-20-2-7-24(29)8-3-20/h2-9,11,17-19,25,28,33H,10,12-16H2,1H3. The predicted molar refractivity (Wildman–Crippen MR) is 132 cm³/mol. The Balaban J connectivity index is 1.25. The Labute approximate surface area is 199 Å². The average molecular weight is 460 g/mol. The van der Waals surface area contributed by atoms with Crippen LogP contribution in [0.3, 0.4) is 0 Å². The fourth-order valence-electron chi connectivity index (χ4n) is 4.88. The Morgan fingerprint density at radius 2 is 1.79 bits per heavy atom. The number of aromatic nitrogens is 2. The number of pyridine rings is 1. The molecule has 2 aromatic heterocycles. The van der Waals surface area contributed by atoms with Crippen molar-refractivity contribution in [2.75, 3.05) is 26.7 Å². The maximum Gasteiger partial charge on any atom is 0.212 e. The second-order valence-corrected chi connectivity index (χ2v) is 9.03. The summed E-state index contributed by atoms with van der Waals surface area (Å²) in [5.74, 6) is 0.351. The third-order valence-corrected chi connectivity index (χ3v) is 6.93. The van der Waals surface area contributed by atoms with E-state index in [0.29, 0.717) is 11.9 Å². The molecule has 5 rings (SSSR count). The minimum absolute atomic E-state index is 0.181. The lowest BCUT2D eigenvalue weighted by molar-refractivity contribution is 0.190. The van der Waals surface area contributed by atoms with Gasteiger partial charge < -0.3 is 19.3 Å². The summed E-state index contributed by atoms with van der Waals surface area (Å²) in [5, 5.41) is 12.1. The lowest BCUT2D eigenvalue weighted by Gasteiger charge is -2.33. The lowest BCUT2D eigenvalue weighted by Crippen LogP contribution is -2.35. The Bertz CT molecular complexity index is 1230. The van der Waals surface area contributed by atoms with E-state index in [1.807, 2.05) is 24.3 Å². The molecule has 34 heavy (non-hydrogen) atoms. The van der Waals surface area contributed by atoms with Crippen molar-refractivity contribution in [1.29, 1.82) is 0 Å². The van der Waals surface area contributed by atoms with Crippen molar-refractivity contribution in [3.63, 3.8) is 0 Å². The van der Waals surface area contributed by atoms with Gasteiger partial charge in [-0.1, -0.05) is 24.3 Å². The molecular weight excluding hydrogens is 429 g/mol. The Hall–Kier alpha value is -3.22. The number of aliphatic hydroxyl groups is 1. The van der Waals surface area contributed by atoms with Crippen LogP contribution in [0.4, 0.5) is 4.39 Å². The van der Waals surface area contributed by atoms with Crippen LogP contribution in [-0.2, 0) is 6.42 Å². The number of nitrogens with zero attached hydrogens (tertiary/aromatic N) is 3. The van der Waals surface area contributed by atoms with E-state index < -0.39 is 6.10 Å². The van der Waals surface area contributed by atoms with Crippen LogP contribution in [0.1, 0.15) is 41.7 Å². The zero-order valence-corrected chi connectivity index (χ0v) is 19.4. The summed E-state index contributed by atoms with van der Waals surface area (Å²) in [6.45, 7) is 3.09. The topological polar surface area (TPSA) is 50.5 Å². The predicted octanol–water partition coefficient (Wildman–Crippen LogP) is 5.15. The van der Waals surface area contributed by atoms with E-state index >= 15 is 0 Å². The van der Waals surface area contributed by atoms with Crippen molar-refractivity contribution in [3.05, 3.63) is 95.6 Å². The van der Waals surface area contributed by atoms with Crippen LogP contribution in [0.25, 0.3) is 10.9 Å². The summed E-state index contributed by atoms with van der Waals surface area (Å²) in [5.41, 5.74) is 3.93. The Morgan fingerprint density at radius 3 is 2.50 bits per heavy atom. The van der Waals surface area contributed by atoms with Crippen molar-refractivity contribution >= 4 is 10.9 Å². The number of benzene rings is 2. The molecule has 5 nitrogen and oxygen atoms in total. The van der Waals surface area contributed by atoms with Gasteiger partial charge in [0, 0.05) is 55.2 Å². The zero-order valence-electron chi connectivity index (χ0n) is 19.4. The van der Waals surface area contributed by atoms with Crippen molar-refractivity contribution in [1.82, 2.24) is 14.5 Å². The maximum absolute atomic E-state index is 13.1. The highest BCUT2D eigenvalue weighted by molar-refractivity contribution is 5.81. The van der Waals surface area contributed by atoms with E-state index in [0.717, 1.165) is 55.5 Å². The minimum Gasteiger partial charge on any atom is -0.481 e. The number of halogens is 1. The molecule has 1 unspecified atom stereocenters. The van der Waals surface area contributed by atoms with Gasteiger partial charge in [-0.05, 0) is 66.1 Å². The van der Waals surface area contributed by atoms with Gasteiger partial charge in [0.05, 0.1) is 7.11 Å². The molecule has 2 aromatic carbocycles. The number of aliphatic hydroxyl groups excluding tert-OH is 1. The molecule has 1 N–H and O–H groups in total. The van der Waals surface area contributed by atoms with Gasteiger partial charge in [-0.2, -0.15) is 0 Å². The quantitative estimate of drug-likeness (QED) is 0.416. The number of fused-ring (bicyclic) bond motifs is 1. The summed E-state index contributed by atoms with van der Waals surface area (Å²) in [6, 6.07) is 19.2. The number of ether oxygens (including phenoxy) is 1. The first kappa shape index (κ1) is 22.6. The third-order valence-electron chi connectivity index (χ3n) is 6.93. The summed E-state index contributed by atoms with van der Waals surface area (Å²) >= 11 is 0. The molecule has 0 aliphatic carbocycles. The van der Waals surface area contributed by atoms with Gasteiger partial charge in [0.25, 0.3) is 0 Å². The first-order valence-electron chi connectivity index (χ1n) is 11.9. The summed E-state index contributed by atoms with van der Waals surface area (Å²) in [7, 11) is 1.58. The second-order valence-electron chi connectivity index (χ2n) is 9.03. The van der Waals surface area contributed by atoms with Crippen LogP contribution >= 0.6 is 0 Å². The van der Waals surface area contributed by atoms with Crippen molar-refractivity contribution in [2.24, 2.45) is 0 Å². The van der Waals surface area contributed by atoms with Gasteiger partial charge in [-0.25, -0.2) is 9.37 Å². The zero-order chi connectivity index (χ0) is 23.5. The minimum atomic E-state index is -0.737. The van der Waals surface area contributed by atoms with Crippen molar-refractivity contribution in [3.8, 4) is 5.88 Å². The van der Waals surface area contributed by atoms with Crippen LogP contribution in [0.5, 0.6) is 5.88 Å². The summed E-state index contributed by atoms with van der Waals surface area (Å²) in [4.78, 5) is 6.72. The number of piperidine rings is 1. The molecule has 1 aliphatic heterocycles. The van der Waals surface area contributed by atoms with E-state index in [-0.39, 0.29) is 5.82 Å². The molecule has 0 radical (unpaired) electrons. The molecule has 4 aromatic rings. The highest BCUT2D eigenvalue weighted by atomic mass is 19.1. The Morgan fingerprint density at radius 1 is 1.03 bits per heavy atom. The van der Waals surface area contributed by atoms with Crippen LogP contribution in [0.15, 0.2) is 73.1 Å². The normalized spacial score (nSPS) is 16.1. The molecule has 1 saturated heterocycles. The number of likely N-dealkylation sites (tertiary alicyclic amines) is 1. The van der Waals surface area contributed by atoms with Gasteiger partial charge >= 0.3 is 0 Å². The molecule has 0 spiro atoms. The van der Waals surface area contributed by atoms with Gasteiger partial charge in [-0.3, -0.25) is 0 Å². The fourth-order valence-corrected chi connectivity index (χ4v) is 4.88. The Kier molecular flexibility index (Phi) is 6.61.